The predicted molar refractivity (Wildman–Crippen MR) is 63.8 cm³/mol. The summed E-state index contributed by atoms with van der Waals surface area (Å²) in [6.45, 7) is 0. The topological polar surface area (TPSA) is 84.2 Å². The molecule has 3 heterocycles. The number of amides is 2. The Morgan fingerprint density at radius 1 is 1.39 bits per heavy atom. The fourth-order valence-corrected chi connectivity index (χ4v) is 2.01. The number of nitrogens with one attached hydrogen (secondary N) is 2. The summed E-state index contributed by atoms with van der Waals surface area (Å²) in [6.07, 6.45) is 3.99. The number of piperidine rings is 1. The van der Waals surface area contributed by atoms with E-state index in [-0.39, 0.29) is 11.8 Å². The first-order valence-corrected chi connectivity index (χ1v) is 5.66. The first-order chi connectivity index (χ1) is 8.74. The number of hydrogen-bond acceptors (Lipinski definition) is 5. The Morgan fingerprint density at radius 2 is 2.28 bits per heavy atom. The maximum atomic E-state index is 11.6. The van der Waals surface area contributed by atoms with Gasteiger partial charge < -0.3 is 9.73 Å². The Bertz CT molecular complexity index is 620. The van der Waals surface area contributed by atoms with Crippen molar-refractivity contribution in [2.75, 3.05) is 5.32 Å². The number of imide groups is 1. The van der Waals surface area contributed by atoms with Crippen LogP contribution in [0.5, 0.6) is 0 Å². The molecule has 6 heteroatoms. The molecule has 0 radical (unpaired) electrons. The number of aromatic nitrogens is 1. The van der Waals surface area contributed by atoms with Gasteiger partial charge in [-0.25, -0.2) is 4.98 Å². The van der Waals surface area contributed by atoms with Crippen LogP contribution in [-0.4, -0.2) is 22.8 Å². The normalized spacial score (nSPS) is 19.9. The van der Waals surface area contributed by atoms with Gasteiger partial charge in [0.05, 0.1) is 11.6 Å². The fourth-order valence-electron chi connectivity index (χ4n) is 2.01. The average Bonchev–Trinajstić information content (AvgIpc) is 2.82. The van der Waals surface area contributed by atoms with Gasteiger partial charge in [0.1, 0.15) is 17.4 Å². The van der Waals surface area contributed by atoms with Gasteiger partial charge in [0.25, 0.3) is 0 Å². The van der Waals surface area contributed by atoms with E-state index in [2.05, 4.69) is 15.6 Å². The van der Waals surface area contributed by atoms with Gasteiger partial charge in [-0.1, -0.05) is 0 Å². The van der Waals surface area contributed by atoms with Gasteiger partial charge in [0, 0.05) is 12.6 Å². The van der Waals surface area contributed by atoms with Crippen LogP contribution in [0.15, 0.2) is 29.0 Å². The number of rotatable bonds is 2. The van der Waals surface area contributed by atoms with Crippen LogP contribution in [0.2, 0.25) is 0 Å². The maximum Gasteiger partial charge on any atom is 0.249 e. The summed E-state index contributed by atoms with van der Waals surface area (Å²) < 4.78 is 5.26. The molecule has 1 saturated heterocycles. The molecule has 0 aromatic carbocycles. The Kier molecular flexibility index (Phi) is 2.47. The lowest BCUT2D eigenvalue weighted by molar-refractivity contribution is -0.133. The monoisotopic (exact) mass is 245 g/mol. The van der Waals surface area contributed by atoms with Gasteiger partial charge in [-0.2, -0.15) is 0 Å². The highest BCUT2D eigenvalue weighted by molar-refractivity contribution is 6.02. The van der Waals surface area contributed by atoms with E-state index < -0.39 is 6.04 Å². The second kappa shape index (κ2) is 4.14. The highest BCUT2D eigenvalue weighted by Gasteiger charge is 2.27. The van der Waals surface area contributed by atoms with Crippen LogP contribution in [0.3, 0.4) is 0 Å². The molecule has 18 heavy (non-hydrogen) atoms. The lowest BCUT2D eigenvalue weighted by Gasteiger charge is -2.22. The SMILES string of the molecule is O=C1CCC(Nc2nccc3occc23)C(=O)N1. The number of nitrogens with zero attached hydrogens (tertiary/aromatic N) is 1. The van der Waals surface area contributed by atoms with Gasteiger partial charge in [-0.3, -0.25) is 14.9 Å². The molecule has 0 spiro atoms. The Morgan fingerprint density at radius 3 is 3.11 bits per heavy atom. The minimum Gasteiger partial charge on any atom is -0.464 e. The lowest BCUT2D eigenvalue weighted by Crippen LogP contribution is -2.47. The standard InChI is InChI=1S/C12H11N3O3/c16-10-2-1-8(12(17)15-10)14-11-7-4-6-18-9(7)3-5-13-11/h3-6,8H,1-2H2,(H,13,14)(H,15,16,17). The molecule has 2 amide bonds. The van der Waals surface area contributed by atoms with Crippen LogP contribution in [0.25, 0.3) is 11.0 Å². The van der Waals surface area contributed by atoms with Crippen molar-refractivity contribution in [3.8, 4) is 0 Å². The third-order valence-electron chi connectivity index (χ3n) is 2.93. The van der Waals surface area contributed by atoms with E-state index in [9.17, 15) is 9.59 Å². The first-order valence-electron chi connectivity index (χ1n) is 5.66. The highest BCUT2D eigenvalue weighted by atomic mass is 16.3. The van der Waals surface area contributed by atoms with Crippen molar-refractivity contribution in [3.63, 3.8) is 0 Å². The van der Waals surface area contributed by atoms with Gasteiger partial charge in [-0.05, 0) is 18.6 Å². The molecule has 2 aromatic rings. The molecule has 6 nitrogen and oxygen atoms in total. The van der Waals surface area contributed by atoms with Crippen LogP contribution in [0, 0.1) is 0 Å². The molecular formula is C12H11N3O3. The lowest BCUT2D eigenvalue weighted by atomic mass is 10.1. The quantitative estimate of drug-likeness (QED) is 0.772. The van der Waals surface area contributed by atoms with E-state index in [4.69, 9.17) is 4.42 Å². The van der Waals surface area contributed by atoms with Crippen LogP contribution in [0.4, 0.5) is 5.82 Å². The van der Waals surface area contributed by atoms with E-state index in [1.807, 2.05) is 0 Å². The van der Waals surface area contributed by atoms with Gasteiger partial charge in [0.2, 0.25) is 11.8 Å². The van der Waals surface area contributed by atoms with Crippen LogP contribution >= 0.6 is 0 Å². The molecule has 1 aliphatic rings. The van der Waals surface area contributed by atoms with Crippen molar-refractivity contribution in [2.45, 2.75) is 18.9 Å². The summed E-state index contributed by atoms with van der Waals surface area (Å²) in [4.78, 5) is 26.9. The smallest absolute Gasteiger partial charge is 0.249 e. The van der Waals surface area contributed by atoms with Crippen molar-refractivity contribution in [2.24, 2.45) is 0 Å². The second-order valence-corrected chi connectivity index (χ2v) is 4.14. The summed E-state index contributed by atoms with van der Waals surface area (Å²) in [5, 5.41) is 6.17. The first kappa shape index (κ1) is 10.8. The van der Waals surface area contributed by atoms with E-state index in [0.29, 0.717) is 24.2 Å². The number of hydrogen-bond donors (Lipinski definition) is 2. The summed E-state index contributed by atoms with van der Waals surface area (Å²) in [7, 11) is 0. The molecule has 3 rings (SSSR count). The molecule has 0 saturated carbocycles. The Hall–Kier alpha value is -2.37. The molecule has 2 N–H and O–H groups in total. The summed E-state index contributed by atoms with van der Waals surface area (Å²) in [5.74, 6) is 0.0526. The average molecular weight is 245 g/mol. The molecular weight excluding hydrogens is 234 g/mol. The van der Waals surface area contributed by atoms with E-state index in [0.717, 1.165) is 5.39 Å². The third-order valence-corrected chi connectivity index (χ3v) is 2.93. The zero-order valence-corrected chi connectivity index (χ0v) is 9.47. The Labute approximate surface area is 102 Å². The van der Waals surface area contributed by atoms with Crippen molar-refractivity contribution in [1.29, 1.82) is 0 Å². The fraction of sp³-hybridized carbons (Fsp3) is 0.250. The highest BCUT2D eigenvalue weighted by Crippen LogP contribution is 2.23. The van der Waals surface area contributed by atoms with Crippen molar-refractivity contribution in [1.82, 2.24) is 10.3 Å². The molecule has 1 atom stereocenters. The minimum absolute atomic E-state index is 0.229. The number of pyridine rings is 1. The molecule has 1 unspecified atom stereocenters. The molecule has 92 valence electrons. The number of carbonyl (C=O) groups excluding carboxylic acids is 2. The minimum atomic E-state index is -0.435. The van der Waals surface area contributed by atoms with E-state index in [1.54, 1.807) is 24.6 Å². The van der Waals surface area contributed by atoms with Crippen LogP contribution in [-0.2, 0) is 9.59 Å². The number of carbonyl (C=O) groups is 2. The van der Waals surface area contributed by atoms with Gasteiger partial charge >= 0.3 is 0 Å². The number of anilines is 1. The zero-order chi connectivity index (χ0) is 12.5. The Balaban J connectivity index is 1.86. The van der Waals surface area contributed by atoms with E-state index >= 15 is 0 Å². The summed E-state index contributed by atoms with van der Waals surface area (Å²) in [5.41, 5.74) is 0.708. The van der Waals surface area contributed by atoms with Crippen molar-refractivity contribution in [3.05, 3.63) is 24.6 Å². The number of fused-ring (bicyclic) bond motifs is 1. The third kappa shape index (κ3) is 1.81. The van der Waals surface area contributed by atoms with Crippen molar-refractivity contribution >= 4 is 28.6 Å². The van der Waals surface area contributed by atoms with Crippen LogP contribution < -0.4 is 10.6 Å². The molecule has 0 bridgehead atoms. The molecule has 0 aliphatic carbocycles. The largest absolute Gasteiger partial charge is 0.464 e. The molecule has 1 fully saturated rings. The zero-order valence-electron chi connectivity index (χ0n) is 9.47. The summed E-state index contributed by atoms with van der Waals surface area (Å²) >= 11 is 0. The second-order valence-electron chi connectivity index (χ2n) is 4.14. The van der Waals surface area contributed by atoms with Crippen LogP contribution in [0.1, 0.15) is 12.8 Å². The van der Waals surface area contributed by atoms with Gasteiger partial charge in [-0.15, -0.1) is 0 Å². The predicted octanol–water partition coefficient (Wildman–Crippen LogP) is 1.04. The molecule has 1 aliphatic heterocycles. The maximum absolute atomic E-state index is 11.6. The molecule has 2 aromatic heterocycles. The number of furan rings is 1. The van der Waals surface area contributed by atoms with Gasteiger partial charge in [0.15, 0.2) is 0 Å². The van der Waals surface area contributed by atoms with Crippen molar-refractivity contribution < 1.29 is 14.0 Å². The van der Waals surface area contributed by atoms with E-state index in [1.165, 1.54) is 0 Å². The summed E-state index contributed by atoms with van der Waals surface area (Å²) in [6, 6.07) is 3.11.